The quantitative estimate of drug-likeness (QED) is 0.689. The van der Waals surface area contributed by atoms with E-state index in [2.05, 4.69) is 20.9 Å². The molecule has 0 radical (unpaired) electrons. The molecule has 1 aromatic heterocycles. The van der Waals surface area contributed by atoms with Gasteiger partial charge in [0.2, 0.25) is 0 Å². The standard InChI is InChI=1S/C5H2BrClFNO/c6-2-1-3(7)9-5(8)4(2)10/h1,10H. The molecule has 0 aliphatic carbocycles. The van der Waals surface area contributed by atoms with E-state index in [0.717, 1.165) is 0 Å². The van der Waals surface area contributed by atoms with Crippen molar-refractivity contribution in [1.29, 1.82) is 0 Å². The Morgan fingerprint density at radius 2 is 2.30 bits per heavy atom. The van der Waals surface area contributed by atoms with Gasteiger partial charge in [-0.25, -0.2) is 4.98 Å². The summed E-state index contributed by atoms with van der Waals surface area (Å²) in [7, 11) is 0. The van der Waals surface area contributed by atoms with Crippen molar-refractivity contribution in [3.05, 3.63) is 21.6 Å². The zero-order valence-electron chi connectivity index (χ0n) is 4.61. The zero-order chi connectivity index (χ0) is 7.72. The van der Waals surface area contributed by atoms with Crippen LogP contribution in [0.25, 0.3) is 0 Å². The van der Waals surface area contributed by atoms with Crippen LogP contribution in [-0.2, 0) is 0 Å². The predicted molar refractivity (Wildman–Crippen MR) is 38.6 cm³/mol. The van der Waals surface area contributed by atoms with Crippen LogP contribution in [0.15, 0.2) is 10.5 Å². The van der Waals surface area contributed by atoms with Gasteiger partial charge in [0, 0.05) is 0 Å². The second kappa shape index (κ2) is 2.72. The van der Waals surface area contributed by atoms with Crippen molar-refractivity contribution in [2.45, 2.75) is 0 Å². The molecular weight excluding hydrogens is 224 g/mol. The van der Waals surface area contributed by atoms with E-state index >= 15 is 0 Å². The maximum absolute atomic E-state index is 12.4. The molecule has 0 unspecified atom stereocenters. The van der Waals surface area contributed by atoms with Gasteiger partial charge in [0.15, 0.2) is 5.75 Å². The van der Waals surface area contributed by atoms with Crippen LogP contribution in [0.4, 0.5) is 4.39 Å². The zero-order valence-corrected chi connectivity index (χ0v) is 6.95. The molecule has 0 bridgehead atoms. The lowest BCUT2D eigenvalue weighted by atomic mass is 10.4. The summed E-state index contributed by atoms with van der Waals surface area (Å²) in [6.45, 7) is 0. The number of pyridine rings is 1. The van der Waals surface area contributed by atoms with Gasteiger partial charge in [-0.2, -0.15) is 4.39 Å². The number of hydrogen-bond acceptors (Lipinski definition) is 2. The fourth-order valence-electron chi connectivity index (χ4n) is 0.450. The average Bonchev–Trinajstić information content (AvgIpc) is 1.82. The summed E-state index contributed by atoms with van der Waals surface area (Å²) in [6, 6.07) is 1.31. The Morgan fingerprint density at radius 3 is 2.80 bits per heavy atom. The summed E-state index contributed by atoms with van der Waals surface area (Å²) in [5.41, 5.74) is 0. The first-order chi connectivity index (χ1) is 4.61. The van der Waals surface area contributed by atoms with Crippen LogP contribution in [0.2, 0.25) is 5.15 Å². The maximum Gasteiger partial charge on any atom is 0.257 e. The molecular formula is C5H2BrClFNO. The number of halogens is 3. The molecule has 0 aliphatic heterocycles. The molecule has 1 aromatic rings. The Bertz CT molecular complexity index is 245. The van der Waals surface area contributed by atoms with E-state index in [1.165, 1.54) is 6.07 Å². The Kier molecular flexibility index (Phi) is 2.11. The summed E-state index contributed by atoms with van der Waals surface area (Å²) in [5, 5.41) is 8.79. The van der Waals surface area contributed by atoms with Crippen LogP contribution in [0.5, 0.6) is 5.75 Å². The second-order valence-electron chi connectivity index (χ2n) is 1.57. The molecule has 0 saturated heterocycles. The van der Waals surface area contributed by atoms with E-state index < -0.39 is 11.7 Å². The molecule has 5 heteroatoms. The van der Waals surface area contributed by atoms with Crippen molar-refractivity contribution in [2.24, 2.45) is 0 Å². The topological polar surface area (TPSA) is 33.1 Å². The molecule has 10 heavy (non-hydrogen) atoms. The summed E-state index contributed by atoms with van der Waals surface area (Å²) in [5.74, 6) is -1.50. The number of aromatic nitrogens is 1. The number of nitrogens with zero attached hydrogens (tertiary/aromatic N) is 1. The first-order valence-corrected chi connectivity index (χ1v) is 3.49. The first kappa shape index (κ1) is 7.75. The molecule has 1 N–H and O–H groups in total. The molecule has 2 nitrogen and oxygen atoms in total. The van der Waals surface area contributed by atoms with E-state index in [4.69, 9.17) is 16.7 Å². The molecule has 1 heterocycles. The highest BCUT2D eigenvalue weighted by Crippen LogP contribution is 2.27. The summed E-state index contributed by atoms with van der Waals surface area (Å²) in [4.78, 5) is 3.15. The predicted octanol–water partition coefficient (Wildman–Crippen LogP) is 2.34. The number of hydrogen-bond donors (Lipinski definition) is 1. The maximum atomic E-state index is 12.4. The molecule has 0 atom stereocenters. The van der Waals surface area contributed by atoms with Crippen molar-refractivity contribution in [2.75, 3.05) is 0 Å². The van der Waals surface area contributed by atoms with Crippen LogP contribution in [-0.4, -0.2) is 10.1 Å². The van der Waals surface area contributed by atoms with E-state index in [1.807, 2.05) is 0 Å². The highest BCUT2D eigenvalue weighted by molar-refractivity contribution is 9.10. The Morgan fingerprint density at radius 1 is 1.70 bits per heavy atom. The highest BCUT2D eigenvalue weighted by Gasteiger charge is 2.07. The Labute approximate surface area is 69.8 Å². The summed E-state index contributed by atoms with van der Waals surface area (Å²) in [6.07, 6.45) is 0. The largest absolute Gasteiger partial charge is 0.503 e. The SMILES string of the molecule is Oc1c(Br)cc(Cl)nc1F. The van der Waals surface area contributed by atoms with Gasteiger partial charge in [0.05, 0.1) is 4.47 Å². The van der Waals surface area contributed by atoms with Crippen molar-refractivity contribution < 1.29 is 9.50 Å². The molecule has 0 saturated carbocycles. The normalized spacial score (nSPS) is 9.90. The van der Waals surface area contributed by atoms with Gasteiger partial charge in [-0.1, -0.05) is 11.6 Å². The van der Waals surface area contributed by atoms with Crippen LogP contribution in [0.3, 0.4) is 0 Å². The minimum absolute atomic E-state index is 0.00201. The molecule has 0 aromatic carbocycles. The van der Waals surface area contributed by atoms with E-state index in [0.29, 0.717) is 0 Å². The lowest BCUT2D eigenvalue weighted by Crippen LogP contribution is -1.84. The van der Waals surface area contributed by atoms with Crippen LogP contribution < -0.4 is 0 Å². The lowest BCUT2D eigenvalue weighted by molar-refractivity contribution is 0.416. The molecule has 1 rings (SSSR count). The lowest BCUT2D eigenvalue weighted by Gasteiger charge is -1.96. The van der Waals surface area contributed by atoms with E-state index in [-0.39, 0.29) is 9.63 Å². The minimum atomic E-state index is -0.973. The van der Waals surface area contributed by atoms with E-state index in [9.17, 15) is 4.39 Å². The number of rotatable bonds is 0. The van der Waals surface area contributed by atoms with Gasteiger partial charge in [-0.15, -0.1) is 0 Å². The summed E-state index contributed by atoms with van der Waals surface area (Å²) >= 11 is 8.21. The Balaban J connectivity index is 3.31. The van der Waals surface area contributed by atoms with Gasteiger partial charge in [-0.05, 0) is 22.0 Å². The van der Waals surface area contributed by atoms with Crippen molar-refractivity contribution in [1.82, 2.24) is 4.98 Å². The van der Waals surface area contributed by atoms with Crippen LogP contribution >= 0.6 is 27.5 Å². The van der Waals surface area contributed by atoms with Gasteiger partial charge in [-0.3, -0.25) is 0 Å². The second-order valence-corrected chi connectivity index (χ2v) is 2.81. The Hall–Kier alpha value is -0.350. The van der Waals surface area contributed by atoms with Crippen molar-refractivity contribution >= 4 is 27.5 Å². The fraction of sp³-hybridized carbons (Fsp3) is 0. The first-order valence-electron chi connectivity index (χ1n) is 2.32. The molecule has 0 aliphatic rings. The molecule has 0 spiro atoms. The third-order valence-electron chi connectivity index (χ3n) is 0.872. The monoisotopic (exact) mass is 225 g/mol. The van der Waals surface area contributed by atoms with Crippen LogP contribution in [0, 0.1) is 5.95 Å². The third kappa shape index (κ3) is 1.38. The minimum Gasteiger partial charge on any atom is -0.503 e. The molecule has 0 amide bonds. The van der Waals surface area contributed by atoms with Crippen molar-refractivity contribution in [3.63, 3.8) is 0 Å². The third-order valence-corrected chi connectivity index (χ3v) is 1.67. The van der Waals surface area contributed by atoms with Gasteiger partial charge in [0.1, 0.15) is 5.15 Å². The van der Waals surface area contributed by atoms with E-state index in [1.54, 1.807) is 0 Å². The van der Waals surface area contributed by atoms with Crippen molar-refractivity contribution in [3.8, 4) is 5.75 Å². The van der Waals surface area contributed by atoms with Gasteiger partial charge in [0.25, 0.3) is 5.95 Å². The molecule has 54 valence electrons. The fourth-order valence-corrected chi connectivity index (χ4v) is 1.15. The summed E-state index contributed by atoms with van der Waals surface area (Å²) < 4.78 is 12.6. The van der Waals surface area contributed by atoms with Gasteiger partial charge >= 0.3 is 0 Å². The van der Waals surface area contributed by atoms with Gasteiger partial charge < -0.3 is 5.11 Å². The average molecular weight is 226 g/mol. The smallest absolute Gasteiger partial charge is 0.257 e. The van der Waals surface area contributed by atoms with Crippen LogP contribution in [0.1, 0.15) is 0 Å². The highest BCUT2D eigenvalue weighted by atomic mass is 79.9. The molecule has 0 fully saturated rings. The number of aromatic hydroxyl groups is 1.